The van der Waals surface area contributed by atoms with Crippen LogP contribution in [0.1, 0.15) is 0 Å². The molecule has 12 heavy (non-hydrogen) atoms. The Morgan fingerprint density at radius 3 is 2.83 bits per heavy atom. The lowest BCUT2D eigenvalue weighted by molar-refractivity contribution is 0.478. The van der Waals surface area contributed by atoms with Gasteiger partial charge in [-0.25, -0.2) is 4.39 Å². The van der Waals surface area contributed by atoms with Gasteiger partial charge in [0.05, 0.1) is 10.9 Å². The summed E-state index contributed by atoms with van der Waals surface area (Å²) in [7, 11) is 0. The number of aromatic hydroxyl groups is 1. The number of phenolic OH excluding ortho intramolecular Hbond substituents is 1. The van der Waals surface area contributed by atoms with Gasteiger partial charge in [0, 0.05) is 6.20 Å². The van der Waals surface area contributed by atoms with Crippen LogP contribution in [0.4, 0.5) is 4.39 Å². The lowest BCUT2D eigenvalue weighted by Gasteiger charge is -1.99. The van der Waals surface area contributed by atoms with Crippen LogP contribution in [0.15, 0.2) is 30.5 Å². The van der Waals surface area contributed by atoms with E-state index in [9.17, 15) is 9.50 Å². The zero-order valence-corrected chi connectivity index (χ0v) is 6.16. The highest BCUT2D eigenvalue weighted by Crippen LogP contribution is 2.24. The minimum atomic E-state index is -0.446. The Morgan fingerprint density at radius 1 is 1.25 bits per heavy atom. The Hall–Kier alpha value is -1.64. The minimum Gasteiger partial charge on any atom is -0.507 e. The monoisotopic (exact) mass is 163 g/mol. The van der Waals surface area contributed by atoms with Crippen LogP contribution in [0.3, 0.4) is 0 Å². The molecule has 0 saturated heterocycles. The van der Waals surface area contributed by atoms with Crippen LogP contribution >= 0.6 is 0 Å². The van der Waals surface area contributed by atoms with Crippen LogP contribution in [0.2, 0.25) is 0 Å². The third-order valence-electron chi connectivity index (χ3n) is 1.69. The molecular formula is C9H6FNO. The van der Waals surface area contributed by atoms with E-state index in [1.165, 1.54) is 18.3 Å². The largest absolute Gasteiger partial charge is 0.507 e. The Morgan fingerprint density at radius 2 is 2.08 bits per heavy atom. The Bertz CT molecular complexity index is 391. The van der Waals surface area contributed by atoms with Crippen LogP contribution < -0.4 is 0 Å². The Balaban J connectivity index is 2.96. The predicted octanol–water partition coefficient (Wildman–Crippen LogP) is 2.08. The number of halogens is 1. The van der Waals surface area contributed by atoms with Crippen LogP contribution in [0, 0.1) is 5.82 Å². The van der Waals surface area contributed by atoms with E-state index in [0.29, 0.717) is 5.52 Å². The summed E-state index contributed by atoms with van der Waals surface area (Å²) in [5.41, 5.74) is 0.468. The molecule has 0 fully saturated rings. The number of phenols is 1. The van der Waals surface area contributed by atoms with Crippen molar-refractivity contribution in [1.82, 2.24) is 4.98 Å². The van der Waals surface area contributed by atoms with Gasteiger partial charge in [-0.2, -0.15) is 0 Å². The summed E-state index contributed by atoms with van der Waals surface area (Å²) in [5.74, 6) is -0.517. The third kappa shape index (κ3) is 0.906. The average molecular weight is 163 g/mol. The van der Waals surface area contributed by atoms with E-state index in [1.807, 2.05) is 0 Å². The topological polar surface area (TPSA) is 33.1 Å². The molecule has 3 heteroatoms. The van der Waals surface area contributed by atoms with Crippen molar-refractivity contribution in [2.24, 2.45) is 0 Å². The SMILES string of the molecule is Oc1cccc2nccc(F)c12. The van der Waals surface area contributed by atoms with E-state index in [1.54, 1.807) is 12.1 Å². The molecule has 0 atom stereocenters. The maximum Gasteiger partial charge on any atom is 0.137 e. The number of aromatic nitrogens is 1. The first-order valence-electron chi connectivity index (χ1n) is 3.51. The fourth-order valence-electron chi connectivity index (χ4n) is 1.15. The zero-order valence-electron chi connectivity index (χ0n) is 6.16. The molecule has 1 N–H and O–H groups in total. The number of hydrogen-bond donors (Lipinski definition) is 1. The quantitative estimate of drug-likeness (QED) is 0.645. The normalized spacial score (nSPS) is 10.4. The van der Waals surface area contributed by atoms with Gasteiger partial charge < -0.3 is 5.11 Å². The van der Waals surface area contributed by atoms with Gasteiger partial charge >= 0.3 is 0 Å². The highest BCUT2D eigenvalue weighted by Gasteiger charge is 2.04. The molecule has 2 nitrogen and oxygen atoms in total. The molecule has 0 amide bonds. The summed E-state index contributed by atoms with van der Waals surface area (Å²) in [6, 6.07) is 5.94. The highest BCUT2D eigenvalue weighted by atomic mass is 19.1. The summed E-state index contributed by atoms with van der Waals surface area (Å²) in [5, 5.41) is 9.45. The summed E-state index contributed by atoms with van der Waals surface area (Å²) in [6.45, 7) is 0. The van der Waals surface area contributed by atoms with E-state index < -0.39 is 5.82 Å². The van der Waals surface area contributed by atoms with Crippen molar-refractivity contribution >= 4 is 10.9 Å². The molecule has 0 aliphatic rings. The molecule has 2 aromatic rings. The smallest absolute Gasteiger partial charge is 0.137 e. The minimum absolute atomic E-state index is 0.0712. The van der Waals surface area contributed by atoms with E-state index in [4.69, 9.17) is 0 Å². The second-order valence-electron chi connectivity index (χ2n) is 2.46. The van der Waals surface area contributed by atoms with Crippen molar-refractivity contribution in [1.29, 1.82) is 0 Å². The second kappa shape index (κ2) is 2.44. The number of hydrogen-bond acceptors (Lipinski definition) is 2. The standard InChI is InChI=1S/C9H6FNO/c10-6-4-5-11-7-2-1-3-8(12)9(6)7/h1-5,12H. The molecule has 0 bridgehead atoms. The maximum absolute atomic E-state index is 13.0. The van der Waals surface area contributed by atoms with Crippen LogP contribution in [0.25, 0.3) is 10.9 Å². The number of rotatable bonds is 0. The zero-order chi connectivity index (χ0) is 8.55. The summed E-state index contributed by atoms with van der Waals surface area (Å²) in [4.78, 5) is 3.90. The van der Waals surface area contributed by atoms with Gasteiger partial charge in [-0.1, -0.05) is 6.07 Å². The van der Waals surface area contributed by atoms with Crippen LogP contribution in [-0.2, 0) is 0 Å². The van der Waals surface area contributed by atoms with Crippen molar-refractivity contribution in [3.63, 3.8) is 0 Å². The van der Waals surface area contributed by atoms with E-state index in [2.05, 4.69) is 4.98 Å². The molecule has 0 aliphatic heterocycles. The van der Waals surface area contributed by atoms with Crippen LogP contribution in [0.5, 0.6) is 5.75 Å². The number of fused-ring (bicyclic) bond motifs is 1. The fourth-order valence-corrected chi connectivity index (χ4v) is 1.15. The first-order valence-corrected chi connectivity index (χ1v) is 3.51. The van der Waals surface area contributed by atoms with Crippen LogP contribution in [-0.4, -0.2) is 10.1 Å². The van der Waals surface area contributed by atoms with Gasteiger partial charge in [-0.3, -0.25) is 4.98 Å². The van der Waals surface area contributed by atoms with E-state index >= 15 is 0 Å². The van der Waals surface area contributed by atoms with Crippen molar-refractivity contribution < 1.29 is 9.50 Å². The Labute approximate surface area is 68.3 Å². The summed E-state index contributed by atoms with van der Waals surface area (Å²) < 4.78 is 13.0. The molecule has 0 spiro atoms. The molecule has 1 heterocycles. The molecule has 0 unspecified atom stereocenters. The fraction of sp³-hybridized carbons (Fsp3) is 0. The van der Waals surface area contributed by atoms with Crippen molar-refractivity contribution in [2.45, 2.75) is 0 Å². The molecule has 2 rings (SSSR count). The number of pyridine rings is 1. The molecule has 60 valence electrons. The van der Waals surface area contributed by atoms with Crippen molar-refractivity contribution in [2.75, 3.05) is 0 Å². The molecule has 0 saturated carbocycles. The molecule has 1 aromatic carbocycles. The average Bonchev–Trinajstić information content (AvgIpc) is 2.04. The van der Waals surface area contributed by atoms with Gasteiger partial charge in [0.15, 0.2) is 0 Å². The van der Waals surface area contributed by atoms with Gasteiger partial charge in [0.2, 0.25) is 0 Å². The predicted molar refractivity (Wildman–Crippen MR) is 43.4 cm³/mol. The maximum atomic E-state index is 13.0. The Kier molecular flexibility index (Phi) is 1.43. The van der Waals surface area contributed by atoms with Crippen molar-refractivity contribution in [3.05, 3.63) is 36.3 Å². The molecule has 0 radical (unpaired) electrons. The van der Waals surface area contributed by atoms with E-state index in [-0.39, 0.29) is 11.1 Å². The second-order valence-corrected chi connectivity index (χ2v) is 2.46. The summed E-state index contributed by atoms with van der Waals surface area (Å²) in [6.07, 6.45) is 1.37. The lowest BCUT2D eigenvalue weighted by atomic mass is 10.2. The van der Waals surface area contributed by atoms with Gasteiger partial charge in [-0.05, 0) is 18.2 Å². The third-order valence-corrected chi connectivity index (χ3v) is 1.69. The first kappa shape index (κ1) is 7.03. The van der Waals surface area contributed by atoms with Gasteiger partial charge in [-0.15, -0.1) is 0 Å². The molecular weight excluding hydrogens is 157 g/mol. The van der Waals surface area contributed by atoms with E-state index in [0.717, 1.165) is 0 Å². The number of benzene rings is 1. The lowest BCUT2D eigenvalue weighted by Crippen LogP contribution is -1.82. The first-order chi connectivity index (χ1) is 5.79. The number of nitrogens with zero attached hydrogens (tertiary/aromatic N) is 1. The van der Waals surface area contributed by atoms with Gasteiger partial charge in [0.25, 0.3) is 0 Å². The molecule has 0 aliphatic carbocycles. The van der Waals surface area contributed by atoms with Crippen molar-refractivity contribution in [3.8, 4) is 5.75 Å². The summed E-state index contributed by atoms with van der Waals surface area (Å²) >= 11 is 0. The highest BCUT2D eigenvalue weighted by molar-refractivity contribution is 5.84. The van der Waals surface area contributed by atoms with Gasteiger partial charge in [0.1, 0.15) is 11.6 Å². The molecule has 1 aromatic heterocycles.